The maximum Gasteiger partial charge on any atom is 0.317 e. The van der Waals surface area contributed by atoms with Gasteiger partial charge in [0, 0.05) is 37.2 Å². The van der Waals surface area contributed by atoms with Crippen LogP contribution in [0.4, 0.5) is 10.5 Å². The van der Waals surface area contributed by atoms with Crippen LogP contribution in [0.25, 0.3) is 0 Å². The van der Waals surface area contributed by atoms with E-state index in [-0.39, 0.29) is 18.0 Å². The van der Waals surface area contributed by atoms with Gasteiger partial charge in [0.05, 0.1) is 6.04 Å². The molecule has 1 aromatic heterocycles. The first-order valence-corrected chi connectivity index (χ1v) is 7.95. The predicted octanol–water partition coefficient (Wildman–Crippen LogP) is 3.22. The monoisotopic (exact) mass is 338 g/mol. The molecule has 0 unspecified atom stereocenters. The third kappa shape index (κ3) is 5.17. The molecule has 0 aliphatic rings. The lowest BCUT2D eigenvalue weighted by Gasteiger charge is -2.20. The van der Waals surface area contributed by atoms with Gasteiger partial charge in [-0.1, -0.05) is 18.2 Å². The normalized spacial score (nSPS) is 11.3. The highest BCUT2D eigenvalue weighted by molar-refractivity contribution is 6.04. The van der Waals surface area contributed by atoms with Gasteiger partial charge >= 0.3 is 6.03 Å². The minimum atomic E-state index is -0.192. The van der Waals surface area contributed by atoms with Crippen LogP contribution in [0.1, 0.15) is 28.9 Å². The zero-order valence-electron chi connectivity index (χ0n) is 14.4. The molecule has 0 aliphatic heterocycles. The molecule has 2 rings (SSSR count). The van der Waals surface area contributed by atoms with E-state index in [1.165, 1.54) is 0 Å². The van der Waals surface area contributed by atoms with E-state index in [0.717, 1.165) is 5.56 Å². The summed E-state index contributed by atoms with van der Waals surface area (Å²) < 4.78 is 0. The number of urea groups is 1. The van der Waals surface area contributed by atoms with Gasteiger partial charge in [0.25, 0.3) is 5.91 Å². The first kappa shape index (κ1) is 18.2. The summed E-state index contributed by atoms with van der Waals surface area (Å²) >= 11 is 0. The second-order valence-corrected chi connectivity index (χ2v) is 5.65. The Hall–Kier alpha value is -3.15. The molecular formula is C19H22N4O2. The van der Waals surface area contributed by atoms with E-state index in [1.54, 1.807) is 42.6 Å². The largest absolute Gasteiger partial charge is 0.331 e. The summed E-state index contributed by atoms with van der Waals surface area (Å²) in [5.41, 5.74) is 2.18. The zero-order valence-corrected chi connectivity index (χ0v) is 14.4. The summed E-state index contributed by atoms with van der Waals surface area (Å²) in [7, 11) is 1.71. The molecule has 6 heteroatoms. The smallest absolute Gasteiger partial charge is 0.317 e. The fraction of sp³-hybridized carbons (Fsp3) is 0.211. The second kappa shape index (κ2) is 8.63. The number of hydrogen-bond acceptors (Lipinski definition) is 3. The van der Waals surface area contributed by atoms with Crippen LogP contribution in [0.5, 0.6) is 0 Å². The lowest BCUT2D eigenvalue weighted by Crippen LogP contribution is -2.38. The standard InChI is InChI=1S/C19H22N4O2/c1-4-13-23(3)19(25)21-14(2)15-5-7-17(8-6-15)22-18(24)16-9-11-20-12-10-16/h4-12,14H,1,13H2,2-3H3,(H,21,25)(H,22,24)/t14-/m1/s1. The van der Waals surface area contributed by atoms with Crippen LogP contribution in [0.15, 0.2) is 61.4 Å². The number of nitrogens with one attached hydrogen (secondary N) is 2. The molecule has 130 valence electrons. The van der Waals surface area contributed by atoms with Crippen LogP contribution in [-0.4, -0.2) is 35.4 Å². The Labute approximate surface area is 147 Å². The molecule has 1 heterocycles. The topological polar surface area (TPSA) is 74.3 Å². The van der Waals surface area contributed by atoms with Crippen molar-refractivity contribution in [2.75, 3.05) is 18.9 Å². The van der Waals surface area contributed by atoms with Crippen molar-refractivity contribution in [3.63, 3.8) is 0 Å². The first-order valence-electron chi connectivity index (χ1n) is 7.95. The highest BCUT2D eigenvalue weighted by atomic mass is 16.2. The molecule has 2 aromatic rings. The van der Waals surface area contributed by atoms with Crippen LogP contribution in [0, 0.1) is 0 Å². The van der Waals surface area contributed by atoms with Gasteiger partial charge in [-0.15, -0.1) is 6.58 Å². The van der Waals surface area contributed by atoms with Crippen LogP contribution in [-0.2, 0) is 0 Å². The quantitative estimate of drug-likeness (QED) is 0.794. The molecule has 0 fully saturated rings. The van der Waals surface area contributed by atoms with Gasteiger partial charge in [-0.2, -0.15) is 0 Å². The Balaban J connectivity index is 1.96. The van der Waals surface area contributed by atoms with Crippen molar-refractivity contribution in [1.29, 1.82) is 0 Å². The number of pyridine rings is 1. The minimum Gasteiger partial charge on any atom is -0.331 e. The summed E-state index contributed by atoms with van der Waals surface area (Å²) in [6.45, 7) is 6.01. The number of likely N-dealkylation sites (N-methyl/N-ethyl adjacent to an activating group) is 1. The van der Waals surface area contributed by atoms with Crippen LogP contribution >= 0.6 is 0 Å². The highest BCUT2D eigenvalue weighted by Gasteiger charge is 2.12. The van der Waals surface area contributed by atoms with Gasteiger partial charge in [-0.05, 0) is 36.8 Å². The van der Waals surface area contributed by atoms with E-state index in [1.807, 2.05) is 31.2 Å². The minimum absolute atomic E-state index is 0.148. The number of hydrogen-bond donors (Lipinski definition) is 2. The van der Waals surface area contributed by atoms with Crippen molar-refractivity contribution in [3.8, 4) is 0 Å². The second-order valence-electron chi connectivity index (χ2n) is 5.65. The fourth-order valence-corrected chi connectivity index (χ4v) is 2.22. The molecule has 6 nitrogen and oxygen atoms in total. The van der Waals surface area contributed by atoms with Crippen molar-refractivity contribution in [3.05, 3.63) is 72.6 Å². The predicted molar refractivity (Wildman–Crippen MR) is 98.4 cm³/mol. The number of carbonyl (C=O) groups is 2. The molecule has 2 N–H and O–H groups in total. The van der Waals surface area contributed by atoms with Crippen molar-refractivity contribution >= 4 is 17.6 Å². The van der Waals surface area contributed by atoms with Crippen molar-refractivity contribution in [2.24, 2.45) is 0 Å². The van der Waals surface area contributed by atoms with Crippen LogP contribution < -0.4 is 10.6 Å². The summed E-state index contributed by atoms with van der Waals surface area (Å²) in [4.78, 5) is 29.5. The molecule has 0 spiro atoms. The summed E-state index contributed by atoms with van der Waals surface area (Å²) in [6, 6.07) is 10.4. The molecule has 0 saturated heterocycles. The lowest BCUT2D eigenvalue weighted by atomic mass is 10.1. The average molecular weight is 338 g/mol. The number of anilines is 1. The number of nitrogens with zero attached hydrogens (tertiary/aromatic N) is 2. The molecule has 0 bridgehead atoms. The van der Waals surface area contributed by atoms with Gasteiger partial charge in [0.1, 0.15) is 0 Å². The van der Waals surface area contributed by atoms with Gasteiger partial charge < -0.3 is 15.5 Å². The summed E-state index contributed by atoms with van der Waals surface area (Å²) in [5.74, 6) is -0.192. The SMILES string of the molecule is C=CCN(C)C(=O)N[C@H](C)c1ccc(NC(=O)c2ccncc2)cc1. The van der Waals surface area contributed by atoms with Gasteiger partial charge in [-0.3, -0.25) is 9.78 Å². The molecular weight excluding hydrogens is 316 g/mol. The van der Waals surface area contributed by atoms with E-state index in [9.17, 15) is 9.59 Å². The third-order valence-electron chi connectivity index (χ3n) is 3.70. The van der Waals surface area contributed by atoms with Gasteiger partial charge in [-0.25, -0.2) is 4.79 Å². The maximum absolute atomic E-state index is 12.1. The molecule has 1 atom stereocenters. The third-order valence-corrected chi connectivity index (χ3v) is 3.70. The lowest BCUT2D eigenvalue weighted by molar-refractivity contribution is 0.102. The van der Waals surface area contributed by atoms with Crippen LogP contribution in [0.2, 0.25) is 0 Å². The number of carbonyl (C=O) groups excluding carboxylic acids is 2. The van der Waals surface area contributed by atoms with Crippen molar-refractivity contribution < 1.29 is 9.59 Å². The van der Waals surface area contributed by atoms with Gasteiger partial charge in [0.2, 0.25) is 0 Å². The molecule has 25 heavy (non-hydrogen) atoms. The average Bonchev–Trinajstić information content (AvgIpc) is 2.63. The Kier molecular flexibility index (Phi) is 6.28. The number of amides is 3. The Morgan fingerprint density at radius 2 is 1.84 bits per heavy atom. The highest BCUT2D eigenvalue weighted by Crippen LogP contribution is 2.17. The molecule has 3 amide bonds. The van der Waals surface area contributed by atoms with E-state index in [0.29, 0.717) is 17.8 Å². The van der Waals surface area contributed by atoms with Gasteiger partial charge in [0.15, 0.2) is 0 Å². The molecule has 0 radical (unpaired) electrons. The summed E-state index contributed by atoms with van der Waals surface area (Å²) in [5, 5.41) is 5.74. The molecule has 0 saturated carbocycles. The van der Waals surface area contributed by atoms with E-state index in [2.05, 4.69) is 22.2 Å². The van der Waals surface area contributed by atoms with E-state index in [4.69, 9.17) is 0 Å². The van der Waals surface area contributed by atoms with Crippen molar-refractivity contribution in [2.45, 2.75) is 13.0 Å². The molecule has 1 aromatic carbocycles. The maximum atomic E-state index is 12.1. The summed E-state index contributed by atoms with van der Waals surface area (Å²) in [6.07, 6.45) is 4.82. The van der Waals surface area contributed by atoms with Crippen LogP contribution in [0.3, 0.4) is 0 Å². The number of benzene rings is 1. The Bertz CT molecular complexity index is 729. The molecule has 0 aliphatic carbocycles. The first-order chi connectivity index (χ1) is 12.0. The van der Waals surface area contributed by atoms with Crippen molar-refractivity contribution in [1.82, 2.24) is 15.2 Å². The zero-order chi connectivity index (χ0) is 18.2. The van der Waals surface area contributed by atoms with E-state index >= 15 is 0 Å². The van der Waals surface area contributed by atoms with E-state index < -0.39 is 0 Å². The number of aromatic nitrogens is 1. The Morgan fingerprint density at radius 1 is 1.20 bits per heavy atom. The number of rotatable bonds is 6. The Morgan fingerprint density at radius 3 is 2.44 bits per heavy atom. The fourth-order valence-electron chi connectivity index (χ4n) is 2.22.